The summed E-state index contributed by atoms with van der Waals surface area (Å²) in [7, 11) is 0. The molecule has 0 spiro atoms. The molecule has 2 unspecified atom stereocenters. The van der Waals surface area contributed by atoms with E-state index in [0.717, 1.165) is 48.7 Å². The van der Waals surface area contributed by atoms with Crippen molar-refractivity contribution >= 4 is 78.5 Å². The normalized spacial score (nSPS) is 13.6. The van der Waals surface area contributed by atoms with Crippen LogP contribution in [-0.4, -0.2) is 104 Å². The molecule has 0 radical (unpaired) electrons. The van der Waals surface area contributed by atoms with Gasteiger partial charge in [0, 0.05) is 82.1 Å². The number of aryl methyl sites for hydroxylation is 3. The van der Waals surface area contributed by atoms with E-state index in [1.807, 2.05) is 109 Å². The van der Waals surface area contributed by atoms with Crippen molar-refractivity contribution < 1.29 is 57.9 Å². The number of hydrogen-bond donors (Lipinski definition) is 2. The van der Waals surface area contributed by atoms with E-state index in [9.17, 15) is 10.2 Å². The minimum atomic E-state index is -1.41. The van der Waals surface area contributed by atoms with Gasteiger partial charge in [0.1, 0.15) is 69.6 Å². The second kappa shape index (κ2) is 28.8. The van der Waals surface area contributed by atoms with E-state index >= 15 is 28.8 Å². The average Bonchev–Trinajstić information content (AvgIpc) is 0.670. The topological polar surface area (TPSA) is 193 Å². The Morgan fingerprint density at radius 2 is 0.619 bits per heavy atom. The number of aromatic hydroxyl groups is 2. The van der Waals surface area contributed by atoms with Crippen molar-refractivity contribution in [3.8, 4) is 57.5 Å². The van der Waals surface area contributed by atoms with Crippen LogP contribution < -0.4 is 18.9 Å². The molecule has 16 heteroatoms. The SMILES string of the molecule is CCN(CC)C(=O)C(Cc1ccc(O)cc1)N1C(=O)c2cc(Oc3ccc(C(C)C)cc3)c3c4c(Oc5ccc(C(C)C)cc5C)cc5c6c(cc(Oc7ccc(C(C)C)cc7C)c(c7c(Oc8ccc(C(C)C)cc8C)cc(c2c37)C1=O)c64)C(=O)N(C(Cc1ccc(O)cc1)C(=O)N(CC)CC)C5=O. The molecule has 11 aromatic rings. The lowest BCUT2D eigenvalue weighted by molar-refractivity contribution is -0.135. The summed E-state index contributed by atoms with van der Waals surface area (Å²) in [5.74, 6) is -1.48. The van der Waals surface area contributed by atoms with E-state index in [4.69, 9.17) is 18.9 Å². The van der Waals surface area contributed by atoms with E-state index in [1.165, 1.54) is 24.3 Å². The third-order valence-electron chi connectivity index (χ3n) is 21.1. The number of ether oxygens (including phenoxy) is 4. The number of imide groups is 2. The van der Waals surface area contributed by atoms with Gasteiger partial charge in [0.05, 0.1) is 22.3 Å². The van der Waals surface area contributed by atoms with Crippen molar-refractivity contribution in [3.05, 3.63) is 224 Å². The molecule has 0 bridgehead atoms. The molecule has 2 atom stereocenters. The summed E-state index contributed by atoms with van der Waals surface area (Å²) in [5, 5.41) is 23.2. The maximum Gasteiger partial charge on any atom is 0.262 e. The first-order chi connectivity index (χ1) is 50.2. The first-order valence-electron chi connectivity index (χ1n) is 36.6. The molecule has 16 nitrogen and oxygen atoms in total. The first-order valence-corrected chi connectivity index (χ1v) is 36.6. The van der Waals surface area contributed by atoms with Crippen LogP contribution >= 0.6 is 0 Å². The highest BCUT2D eigenvalue weighted by atomic mass is 16.5. The molecule has 0 aromatic heterocycles. The fourth-order valence-corrected chi connectivity index (χ4v) is 15.1. The monoisotopic (exact) mass is 1410 g/mol. The van der Waals surface area contributed by atoms with Gasteiger partial charge in [-0.1, -0.05) is 128 Å². The fraction of sp³-hybridized carbons (Fsp3) is 0.303. The zero-order valence-corrected chi connectivity index (χ0v) is 62.4. The lowest BCUT2D eigenvalue weighted by Gasteiger charge is -2.37. The van der Waals surface area contributed by atoms with Crippen molar-refractivity contribution in [1.82, 2.24) is 19.6 Å². The number of hydrogen-bond acceptors (Lipinski definition) is 12. The molecule has 0 saturated heterocycles. The summed E-state index contributed by atoms with van der Waals surface area (Å²) in [6.45, 7) is 31.1. The number of benzene rings is 11. The van der Waals surface area contributed by atoms with Gasteiger partial charge in [-0.2, -0.15) is 0 Å². The van der Waals surface area contributed by atoms with Crippen LogP contribution in [0.5, 0.6) is 57.5 Å². The van der Waals surface area contributed by atoms with E-state index < -0.39 is 47.5 Å². The van der Waals surface area contributed by atoms with E-state index in [-0.39, 0.29) is 130 Å². The highest BCUT2D eigenvalue weighted by molar-refractivity contribution is 6.45. The predicted octanol–water partition coefficient (Wildman–Crippen LogP) is 19.9. The Morgan fingerprint density at radius 3 is 0.886 bits per heavy atom. The van der Waals surface area contributed by atoms with Crippen molar-refractivity contribution in [2.24, 2.45) is 0 Å². The zero-order chi connectivity index (χ0) is 74.9. The Kier molecular flexibility index (Phi) is 19.8. The van der Waals surface area contributed by atoms with Gasteiger partial charge in [-0.15, -0.1) is 0 Å². The molecule has 6 amide bonds. The molecular weight excluding hydrogens is 1320 g/mol. The number of nitrogens with zero attached hydrogens (tertiary/aromatic N) is 4. The van der Waals surface area contributed by atoms with Gasteiger partial charge in [0.25, 0.3) is 23.6 Å². The second-order valence-electron chi connectivity index (χ2n) is 29.1. The van der Waals surface area contributed by atoms with E-state index in [1.54, 1.807) is 58.3 Å². The number of carbonyl (C=O) groups excluding carboxylic acids is 6. The van der Waals surface area contributed by atoms with Crippen LogP contribution in [0.2, 0.25) is 0 Å². The Morgan fingerprint density at radius 1 is 0.343 bits per heavy atom. The highest BCUT2D eigenvalue weighted by Gasteiger charge is 2.47. The summed E-state index contributed by atoms with van der Waals surface area (Å²) in [5.41, 5.74) is 7.66. The van der Waals surface area contributed by atoms with Crippen molar-refractivity contribution in [1.29, 1.82) is 0 Å². The highest BCUT2D eigenvalue weighted by Crippen LogP contribution is 2.59. The van der Waals surface area contributed by atoms with Gasteiger partial charge < -0.3 is 39.0 Å². The first kappa shape index (κ1) is 72.1. The van der Waals surface area contributed by atoms with Crippen molar-refractivity contribution in [2.75, 3.05) is 26.2 Å². The number of phenols is 2. The Labute approximate surface area is 613 Å². The van der Waals surface area contributed by atoms with E-state index in [0.29, 0.717) is 66.4 Å². The minimum absolute atomic E-state index is 0.00212. The smallest absolute Gasteiger partial charge is 0.262 e. The third-order valence-corrected chi connectivity index (χ3v) is 21.1. The zero-order valence-electron chi connectivity index (χ0n) is 62.4. The second-order valence-corrected chi connectivity index (χ2v) is 29.1. The maximum absolute atomic E-state index is 16.7. The van der Waals surface area contributed by atoms with Crippen LogP contribution in [0.3, 0.4) is 0 Å². The Bertz CT molecular complexity index is 5280. The van der Waals surface area contributed by atoms with Crippen LogP contribution in [0.15, 0.2) is 152 Å². The molecule has 2 N–H and O–H groups in total. The summed E-state index contributed by atoms with van der Waals surface area (Å²) >= 11 is 0. The van der Waals surface area contributed by atoms with E-state index in [2.05, 4.69) is 73.6 Å². The number of amides is 6. The van der Waals surface area contributed by atoms with Crippen LogP contribution in [0.4, 0.5) is 0 Å². The molecule has 538 valence electrons. The number of likely N-dealkylation sites (N-methyl/N-ethyl adjacent to an activating group) is 2. The largest absolute Gasteiger partial charge is 0.508 e. The molecule has 13 rings (SSSR count). The summed E-state index contributed by atoms with van der Waals surface area (Å²) < 4.78 is 29.9. The summed E-state index contributed by atoms with van der Waals surface area (Å²) in [4.78, 5) is 103. The molecule has 0 saturated carbocycles. The third kappa shape index (κ3) is 13.1. The number of fused-ring (bicyclic) bond motifs is 2. The number of rotatable bonds is 24. The average molecular weight is 1410 g/mol. The van der Waals surface area contributed by atoms with Crippen LogP contribution in [-0.2, 0) is 22.4 Å². The lowest BCUT2D eigenvalue weighted by Crippen LogP contribution is -2.55. The van der Waals surface area contributed by atoms with Gasteiger partial charge in [-0.25, -0.2) is 0 Å². The van der Waals surface area contributed by atoms with Crippen molar-refractivity contribution in [3.63, 3.8) is 0 Å². The summed E-state index contributed by atoms with van der Waals surface area (Å²) in [6, 6.07) is 41.8. The summed E-state index contributed by atoms with van der Waals surface area (Å²) in [6.07, 6.45) is -0.213. The molecule has 2 aliphatic heterocycles. The van der Waals surface area contributed by atoms with Gasteiger partial charge in [-0.05, 0) is 201 Å². The molecule has 2 heterocycles. The van der Waals surface area contributed by atoms with Gasteiger partial charge in [-0.3, -0.25) is 38.6 Å². The maximum atomic E-state index is 16.7. The lowest BCUT2D eigenvalue weighted by atomic mass is 9.80. The predicted molar refractivity (Wildman–Crippen MR) is 412 cm³/mol. The fourth-order valence-electron chi connectivity index (χ4n) is 15.1. The number of carbonyl (C=O) groups is 6. The van der Waals surface area contributed by atoms with Crippen LogP contribution in [0.1, 0.15) is 198 Å². The van der Waals surface area contributed by atoms with Crippen LogP contribution in [0, 0.1) is 20.8 Å². The quantitative estimate of drug-likeness (QED) is 0.0331. The van der Waals surface area contributed by atoms with Crippen LogP contribution in [0.25, 0.3) is 43.1 Å². The Hall–Kier alpha value is -11.3. The van der Waals surface area contributed by atoms with Gasteiger partial charge >= 0.3 is 0 Å². The standard InChI is InChI=1S/C89H90N4O12/c1-16-90(17-2)88(100)67(41-54-20-29-60(94)30-21-54)92-84(96)63-43-72(102-62-33-24-56(25-34-62)47(5)6)78-79-73(103-69-35-26-57(48(7)8)38-51(69)13)44-65-77-66(87(99)93(86(65)98)68(89(101)91(18-3)19-4)42-55-22-31-61(95)32-23-55)46-75(105-71-37-28-59(50(11)12)40-53(71)15)81(83(77)79)80-74(45-64(85(92)97)76(63)82(78)80)104-70-36-27-58(49(9)10)39-52(70)14/h20-40,43-50,67-68,94-95H,16-19,41-42H2,1-15H3. The molecular formula is C89H90N4O12. The molecule has 105 heavy (non-hydrogen) atoms. The van der Waals surface area contributed by atoms with Gasteiger partial charge in [0.15, 0.2) is 0 Å². The molecule has 2 aliphatic rings. The van der Waals surface area contributed by atoms with Gasteiger partial charge in [0.2, 0.25) is 11.8 Å². The number of phenolic OH excluding ortho intramolecular Hbond substituents is 2. The molecule has 0 fully saturated rings. The molecule has 0 aliphatic carbocycles. The Balaban J connectivity index is 1.24. The minimum Gasteiger partial charge on any atom is -0.508 e. The molecule has 11 aromatic carbocycles. The van der Waals surface area contributed by atoms with Crippen molar-refractivity contribution in [2.45, 2.75) is 152 Å².